The van der Waals surface area contributed by atoms with Gasteiger partial charge < -0.3 is 5.32 Å². The van der Waals surface area contributed by atoms with Crippen LogP contribution in [0.25, 0.3) is 0 Å². The summed E-state index contributed by atoms with van der Waals surface area (Å²) in [5, 5.41) is 16.1. The number of amides is 1. The van der Waals surface area contributed by atoms with E-state index in [4.69, 9.17) is 0 Å². The molecular weight excluding hydrogens is 228 g/mol. The highest BCUT2D eigenvalue weighted by Crippen LogP contribution is 2.43. The normalized spacial score (nSPS) is 31.3. The summed E-state index contributed by atoms with van der Waals surface area (Å²) in [6.07, 6.45) is 4.15. The molecule has 1 unspecified atom stereocenters. The first-order chi connectivity index (χ1) is 8.72. The molecule has 1 N–H and O–H groups in total. The highest BCUT2D eigenvalue weighted by Gasteiger charge is 2.54. The molecule has 0 spiro atoms. The summed E-state index contributed by atoms with van der Waals surface area (Å²) in [6, 6.07) is 9.40. The number of carbonyl (C=O) groups excluding carboxylic acids is 1. The van der Waals surface area contributed by atoms with Crippen molar-refractivity contribution in [3.63, 3.8) is 0 Å². The van der Waals surface area contributed by atoms with Crippen LogP contribution >= 0.6 is 0 Å². The van der Waals surface area contributed by atoms with E-state index in [2.05, 4.69) is 5.32 Å². The van der Waals surface area contributed by atoms with Crippen molar-refractivity contribution in [1.82, 2.24) is 5.06 Å². The lowest BCUT2D eigenvalue weighted by Crippen LogP contribution is -2.55. The Morgan fingerprint density at radius 2 is 2.00 bits per heavy atom. The molecule has 2 bridgehead atoms. The zero-order valence-corrected chi connectivity index (χ0v) is 10.3. The number of hydroxylamine groups is 2. The molecule has 0 saturated carbocycles. The molecule has 2 saturated heterocycles. The first-order valence-corrected chi connectivity index (χ1v) is 6.55. The molecular formula is C14H17N2O2. The quantitative estimate of drug-likeness (QED) is 0.869. The van der Waals surface area contributed by atoms with Gasteiger partial charge in [-0.15, -0.1) is 10.3 Å². The van der Waals surface area contributed by atoms with Crippen LogP contribution in [0.15, 0.2) is 30.3 Å². The third-order valence-electron chi connectivity index (χ3n) is 4.23. The zero-order valence-electron chi connectivity index (χ0n) is 10.3. The van der Waals surface area contributed by atoms with E-state index < -0.39 is 5.54 Å². The SMILES string of the molecule is [O]N1C2CCC[C@]1(C(=O)Nc1ccccc1)CC2. The number of hydrogen-bond donors (Lipinski definition) is 1. The summed E-state index contributed by atoms with van der Waals surface area (Å²) >= 11 is 0. The van der Waals surface area contributed by atoms with Crippen molar-refractivity contribution < 1.29 is 10.0 Å². The number of nitrogens with one attached hydrogen (secondary N) is 1. The molecule has 3 rings (SSSR count). The van der Waals surface area contributed by atoms with Gasteiger partial charge in [0.2, 0.25) is 5.91 Å². The molecule has 2 aliphatic rings. The van der Waals surface area contributed by atoms with Crippen molar-refractivity contribution in [2.24, 2.45) is 0 Å². The van der Waals surface area contributed by atoms with Crippen LogP contribution in [0.5, 0.6) is 0 Å². The summed E-state index contributed by atoms with van der Waals surface area (Å²) < 4.78 is 0. The molecule has 2 fully saturated rings. The van der Waals surface area contributed by atoms with E-state index in [0.717, 1.165) is 30.0 Å². The van der Waals surface area contributed by atoms with E-state index in [-0.39, 0.29) is 11.9 Å². The molecule has 2 aliphatic heterocycles. The van der Waals surface area contributed by atoms with Gasteiger partial charge in [0.15, 0.2) is 0 Å². The van der Waals surface area contributed by atoms with Crippen LogP contribution < -0.4 is 5.32 Å². The van der Waals surface area contributed by atoms with Crippen molar-refractivity contribution in [3.05, 3.63) is 30.3 Å². The minimum absolute atomic E-state index is 0.0558. The van der Waals surface area contributed by atoms with Crippen LogP contribution in [0, 0.1) is 0 Å². The molecule has 18 heavy (non-hydrogen) atoms. The van der Waals surface area contributed by atoms with Crippen LogP contribution in [0.1, 0.15) is 32.1 Å². The summed E-state index contributed by atoms with van der Waals surface area (Å²) in [5.41, 5.74) is -0.0435. The fourth-order valence-electron chi connectivity index (χ4n) is 3.21. The lowest BCUT2D eigenvalue weighted by atomic mass is 9.89. The van der Waals surface area contributed by atoms with Crippen molar-refractivity contribution >= 4 is 11.6 Å². The summed E-state index contributed by atoms with van der Waals surface area (Å²) in [4.78, 5) is 12.4. The highest BCUT2D eigenvalue weighted by atomic mass is 16.5. The molecule has 4 heteroatoms. The maximum atomic E-state index is 12.4. The lowest BCUT2D eigenvalue weighted by molar-refractivity contribution is -0.237. The predicted octanol–water partition coefficient (Wildman–Crippen LogP) is 2.36. The average molecular weight is 245 g/mol. The summed E-state index contributed by atoms with van der Waals surface area (Å²) in [5.74, 6) is -0.133. The number of nitrogens with zero attached hydrogens (tertiary/aromatic N) is 1. The van der Waals surface area contributed by atoms with Crippen LogP contribution in [0.4, 0.5) is 5.69 Å². The third kappa shape index (κ3) is 1.72. The van der Waals surface area contributed by atoms with Crippen LogP contribution in [-0.4, -0.2) is 22.6 Å². The molecule has 1 aromatic carbocycles. The van der Waals surface area contributed by atoms with Crippen LogP contribution in [-0.2, 0) is 10.0 Å². The number of benzene rings is 1. The number of carbonyl (C=O) groups is 1. The highest BCUT2D eigenvalue weighted by molar-refractivity contribution is 5.98. The van der Waals surface area contributed by atoms with Gasteiger partial charge in [-0.1, -0.05) is 18.2 Å². The third-order valence-corrected chi connectivity index (χ3v) is 4.23. The van der Waals surface area contributed by atoms with E-state index in [0.29, 0.717) is 12.8 Å². The van der Waals surface area contributed by atoms with Crippen molar-refractivity contribution in [3.8, 4) is 0 Å². The van der Waals surface area contributed by atoms with Crippen molar-refractivity contribution in [2.75, 3.05) is 5.32 Å². The molecule has 0 aromatic heterocycles. The Morgan fingerprint density at radius 1 is 1.22 bits per heavy atom. The first kappa shape index (κ1) is 11.7. The van der Waals surface area contributed by atoms with Gasteiger partial charge in [0.25, 0.3) is 0 Å². The van der Waals surface area contributed by atoms with E-state index in [1.165, 1.54) is 0 Å². The van der Waals surface area contributed by atoms with Gasteiger partial charge in [0.1, 0.15) is 5.54 Å². The number of para-hydroxylation sites is 1. The van der Waals surface area contributed by atoms with Gasteiger partial charge >= 0.3 is 0 Å². The maximum Gasteiger partial charge on any atom is 0.247 e. The Morgan fingerprint density at radius 3 is 2.78 bits per heavy atom. The molecule has 0 aliphatic carbocycles. The standard InChI is InChI=1S/C14H17N2O2/c17-13(15-11-5-2-1-3-6-11)14-9-4-7-12(8-10-14)16(14)18/h1-3,5-6,12H,4,7-10H2,(H,15,17)/t12?,14-/m1/s1. The predicted molar refractivity (Wildman–Crippen MR) is 67.2 cm³/mol. The van der Waals surface area contributed by atoms with Gasteiger partial charge in [0, 0.05) is 11.7 Å². The fourth-order valence-corrected chi connectivity index (χ4v) is 3.21. The largest absolute Gasteiger partial charge is 0.324 e. The molecule has 4 nitrogen and oxygen atoms in total. The number of hydrogen-bond acceptors (Lipinski definition) is 2. The lowest BCUT2D eigenvalue weighted by Gasteiger charge is -2.37. The molecule has 2 atom stereocenters. The second kappa shape index (κ2) is 4.37. The smallest absolute Gasteiger partial charge is 0.247 e. The fraction of sp³-hybridized carbons (Fsp3) is 0.500. The van der Waals surface area contributed by atoms with E-state index in [1.54, 1.807) is 0 Å². The number of rotatable bonds is 2. The van der Waals surface area contributed by atoms with Gasteiger partial charge in [-0.05, 0) is 44.2 Å². The molecule has 1 aromatic rings. The van der Waals surface area contributed by atoms with E-state index in [1.807, 2.05) is 30.3 Å². The average Bonchev–Trinajstić information content (AvgIpc) is 2.60. The Labute approximate surface area is 107 Å². The van der Waals surface area contributed by atoms with E-state index in [9.17, 15) is 10.0 Å². The summed E-state index contributed by atoms with van der Waals surface area (Å²) in [7, 11) is 0. The number of fused-ring (bicyclic) bond motifs is 2. The molecule has 1 amide bonds. The molecule has 2 heterocycles. The Balaban J connectivity index is 1.80. The van der Waals surface area contributed by atoms with Gasteiger partial charge in [-0.2, -0.15) is 0 Å². The van der Waals surface area contributed by atoms with E-state index >= 15 is 0 Å². The number of anilines is 1. The Hall–Kier alpha value is -1.39. The minimum atomic E-state index is -0.807. The van der Waals surface area contributed by atoms with Gasteiger partial charge in [0.05, 0.1) is 0 Å². The van der Waals surface area contributed by atoms with Gasteiger partial charge in [-0.25, -0.2) is 0 Å². The van der Waals surface area contributed by atoms with Crippen molar-refractivity contribution in [2.45, 2.75) is 43.7 Å². The monoisotopic (exact) mass is 245 g/mol. The van der Waals surface area contributed by atoms with Gasteiger partial charge in [-0.3, -0.25) is 4.79 Å². The Kier molecular flexibility index (Phi) is 2.84. The van der Waals surface area contributed by atoms with Crippen LogP contribution in [0.3, 0.4) is 0 Å². The molecule has 1 radical (unpaired) electrons. The van der Waals surface area contributed by atoms with Crippen molar-refractivity contribution in [1.29, 1.82) is 0 Å². The first-order valence-electron chi connectivity index (χ1n) is 6.55. The topological polar surface area (TPSA) is 52.2 Å². The zero-order chi connectivity index (χ0) is 12.6. The second-order valence-electron chi connectivity index (χ2n) is 5.26. The van der Waals surface area contributed by atoms with Crippen LogP contribution in [0.2, 0.25) is 0 Å². The second-order valence-corrected chi connectivity index (χ2v) is 5.26. The molecule has 95 valence electrons. The number of piperidine rings is 1. The summed E-state index contributed by atoms with van der Waals surface area (Å²) in [6.45, 7) is 0. The Bertz CT molecular complexity index is 444. The minimum Gasteiger partial charge on any atom is -0.324 e. The maximum absolute atomic E-state index is 12.4.